The minimum absolute atomic E-state index is 0.364. The quantitative estimate of drug-likeness (QED) is 0.378. The first-order valence-corrected chi connectivity index (χ1v) is 11.3. The summed E-state index contributed by atoms with van der Waals surface area (Å²) in [6, 6.07) is 26.2. The van der Waals surface area contributed by atoms with Crippen molar-refractivity contribution in [2.45, 2.75) is 19.4 Å². The molecule has 0 unspecified atom stereocenters. The number of ether oxygens (including phenoxy) is 1. The monoisotopic (exact) mass is 444 g/mol. The maximum absolute atomic E-state index is 12.4. The maximum Gasteiger partial charge on any atom is 0.327 e. The van der Waals surface area contributed by atoms with Crippen LogP contribution >= 0.6 is 11.3 Å². The highest BCUT2D eigenvalue weighted by atomic mass is 32.1. The van der Waals surface area contributed by atoms with Crippen LogP contribution < -0.4 is 9.54 Å². The molecule has 4 rings (SSSR count). The number of aliphatic carboxylic acids is 1. The van der Waals surface area contributed by atoms with Gasteiger partial charge in [0.1, 0.15) is 11.8 Å². The van der Waals surface area contributed by atoms with Gasteiger partial charge in [0.2, 0.25) is 0 Å². The van der Waals surface area contributed by atoms with Gasteiger partial charge in [-0.25, -0.2) is 9.79 Å². The van der Waals surface area contributed by atoms with Crippen LogP contribution in [0.2, 0.25) is 0 Å². The van der Waals surface area contributed by atoms with E-state index in [0.717, 1.165) is 28.3 Å². The first kappa shape index (κ1) is 21.6. The third kappa shape index (κ3) is 4.98. The van der Waals surface area contributed by atoms with E-state index in [9.17, 15) is 9.90 Å². The van der Waals surface area contributed by atoms with Crippen LogP contribution in [0.5, 0.6) is 5.75 Å². The Morgan fingerprint density at radius 1 is 1.00 bits per heavy atom. The normalized spacial score (nSPS) is 12.5. The topological polar surface area (TPSA) is 63.8 Å². The smallest absolute Gasteiger partial charge is 0.327 e. The fourth-order valence-electron chi connectivity index (χ4n) is 3.54. The number of hydrogen-bond acceptors (Lipinski definition) is 4. The van der Waals surface area contributed by atoms with Gasteiger partial charge in [-0.15, -0.1) is 11.3 Å². The van der Waals surface area contributed by atoms with Crippen LogP contribution in [0.4, 0.5) is 5.69 Å². The molecule has 0 saturated carbocycles. The summed E-state index contributed by atoms with van der Waals surface area (Å²) in [6.07, 6.45) is 0.364. The van der Waals surface area contributed by atoms with Crippen LogP contribution in [-0.2, 0) is 11.2 Å². The van der Waals surface area contributed by atoms with Crippen LogP contribution in [0.1, 0.15) is 18.5 Å². The lowest BCUT2D eigenvalue weighted by Crippen LogP contribution is -2.29. The highest BCUT2D eigenvalue weighted by molar-refractivity contribution is 7.07. The van der Waals surface area contributed by atoms with Crippen molar-refractivity contribution in [3.63, 3.8) is 0 Å². The lowest BCUT2D eigenvalue weighted by atomic mass is 10.0. The Balaban J connectivity index is 1.83. The van der Waals surface area contributed by atoms with E-state index in [-0.39, 0.29) is 0 Å². The number of thiazole rings is 1. The van der Waals surface area contributed by atoms with Gasteiger partial charge in [-0.2, -0.15) is 0 Å². The van der Waals surface area contributed by atoms with Gasteiger partial charge in [-0.3, -0.25) is 0 Å². The third-order valence-corrected chi connectivity index (χ3v) is 5.89. The van der Waals surface area contributed by atoms with Gasteiger partial charge >= 0.3 is 5.97 Å². The molecule has 0 fully saturated rings. The molecule has 1 aromatic heterocycles. The molecule has 1 N–H and O–H groups in total. The lowest BCUT2D eigenvalue weighted by Gasteiger charge is -2.18. The molecule has 0 bridgehead atoms. The minimum atomic E-state index is -0.891. The number of benzene rings is 3. The van der Waals surface area contributed by atoms with Gasteiger partial charge < -0.3 is 14.4 Å². The Morgan fingerprint density at radius 3 is 2.28 bits per heavy atom. The third-order valence-electron chi connectivity index (χ3n) is 5.05. The molecule has 0 aliphatic heterocycles. The molecule has 3 aromatic carbocycles. The second kappa shape index (κ2) is 10.1. The van der Waals surface area contributed by atoms with Gasteiger partial charge in [0, 0.05) is 11.8 Å². The van der Waals surface area contributed by atoms with Gasteiger partial charge in [-0.05, 0) is 42.3 Å². The number of carboxylic acid groups (broad SMARTS) is 1. The molecule has 1 atom stereocenters. The Labute approximate surface area is 190 Å². The van der Waals surface area contributed by atoms with E-state index >= 15 is 0 Å². The van der Waals surface area contributed by atoms with Crippen molar-refractivity contribution in [1.29, 1.82) is 0 Å². The molecule has 0 radical (unpaired) electrons. The molecule has 0 aliphatic rings. The summed E-state index contributed by atoms with van der Waals surface area (Å²) in [7, 11) is 0. The Bertz CT molecular complexity index is 1230. The largest absolute Gasteiger partial charge is 0.494 e. The van der Waals surface area contributed by atoms with Crippen LogP contribution in [-0.4, -0.2) is 22.2 Å². The summed E-state index contributed by atoms with van der Waals surface area (Å²) >= 11 is 1.44. The Hall–Kier alpha value is -3.64. The number of aromatic nitrogens is 1. The van der Waals surface area contributed by atoms with Crippen LogP contribution in [0.15, 0.2) is 95.3 Å². The number of nitrogens with zero attached hydrogens (tertiary/aromatic N) is 2. The second-order valence-electron chi connectivity index (χ2n) is 7.22. The highest BCUT2D eigenvalue weighted by Crippen LogP contribution is 2.26. The molecule has 0 aliphatic carbocycles. The number of hydrogen-bond donors (Lipinski definition) is 1. The molecule has 0 saturated heterocycles. The predicted octanol–water partition coefficient (Wildman–Crippen LogP) is 5.72. The lowest BCUT2D eigenvalue weighted by molar-refractivity contribution is -0.140. The predicted molar refractivity (Wildman–Crippen MR) is 127 cm³/mol. The highest BCUT2D eigenvalue weighted by Gasteiger charge is 2.24. The Kier molecular flexibility index (Phi) is 6.82. The minimum Gasteiger partial charge on any atom is -0.494 e. The summed E-state index contributed by atoms with van der Waals surface area (Å²) in [5.41, 5.74) is 3.50. The van der Waals surface area contributed by atoms with Gasteiger partial charge in [-0.1, -0.05) is 60.7 Å². The fraction of sp³-hybridized carbons (Fsp3) is 0.154. The molecule has 5 nitrogen and oxygen atoms in total. The van der Waals surface area contributed by atoms with Crippen molar-refractivity contribution >= 4 is 23.0 Å². The maximum atomic E-state index is 12.4. The molecular formula is C26H24N2O3S. The van der Waals surface area contributed by atoms with Gasteiger partial charge in [0.05, 0.1) is 18.0 Å². The van der Waals surface area contributed by atoms with Crippen molar-refractivity contribution in [3.05, 3.63) is 101 Å². The van der Waals surface area contributed by atoms with E-state index in [4.69, 9.17) is 9.73 Å². The average Bonchev–Trinajstić information content (AvgIpc) is 3.23. The van der Waals surface area contributed by atoms with E-state index in [1.54, 1.807) is 0 Å². The summed E-state index contributed by atoms with van der Waals surface area (Å²) < 4.78 is 7.35. The first-order valence-electron chi connectivity index (χ1n) is 10.5. The van der Waals surface area contributed by atoms with E-state index in [1.165, 1.54) is 11.3 Å². The van der Waals surface area contributed by atoms with E-state index in [2.05, 4.69) is 0 Å². The van der Waals surface area contributed by atoms with Gasteiger partial charge in [0.15, 0.2) is 4.80 Å². The van der Waals surface area contributed by atoms with Crippen LogP contribution in [0, 0.1) is 0 Å². The molecule has 32 heavy (non-hydrogen) atoms. The van der Waals surface area contributed by atoms with Crippen LogP contribution in [0.3, 0.4) is 0 Å². The van der Waals surface area contributed by atoms with Crippen molar-refractivity contribution in [3.8, 4) is 17.0 Å². The number of rotatable bonds is 8. The zero-order chi connectivity index (χ0) is 22.3. The summed E-state index contributed by atoms with van der Waals surface area (Å²) in [5, 5.41) is 12.2. The molecule has 1 heterocycles. The molecule has 0 amide bonds. The zero-order valence-corrected chi connectivity index (χ0v) is 18.5. The van der Waals surface area contributed by atoms with E-state index < -0.39 is 12.0 Å². The summed E-state index contributed by atoms with van der Waals surface area (Å²) in [4.78, 5) is 17.9. The zero-order valence-electron chi connectivity index (χ0n) is 17.7. The molecular weight excluding hydrogens is 420 g/mol. The van der Waals surface area contributed by atoms with E-state index in [1.807, 2.05) is 102 Å². The van der Waals surface area contributed by atoms with Crippen molar-refractivity contribution < 1.29 is 14.6 Å². The molecule has 162 valence electrons. The SMILES string of the molecule is CCOc1ccc(N=c2scc(-c3ccccc3)n2[C@H](Cc2ccccc2)C(=O)O)cc1. The number of carbonyl (C=O) groups is 1. The van der Waals surface area contributed by atoms with Crippen molar-refractivity contribution in [2.75, 3.05) is 6.61 Å². The Morgan fingerprint density at radius 2 is 1.66 bits per heavy atom. The first-order chi connectivity index (χ1) is 15.7. The molecule has 6 heteroatoms. The number of carboxylic acids is 1. The molecule has 4 aromatic rings. The standard InChI is InChI=1S/C26H24N2O3S/c1-2-31-22-15-13-21(14-16-22)27-26-28(24(18-32-26)20-11-7-4-8-12-20)23(25(29)30)17-19-9-5-3-6-10-19/h3-16,18,23H,2,17H2,1H3,(H,29,30)/t23-/m1/s1. The fourth-order valence-corrected chi connectivity index (χ4v) is 4.51. The summed E-state index contributed by atoms with van der Waals surface area (Å²) in [6.45, 7) is 2.54. The van der Waals surface area contributed by atoms with Crippen LogP contribution in [0.25, 0.3) is 11.3 Å². The second-order valence-corrected chi connectivity index (χ2v) is 8.06. The average molecular weight is 445 g/mol. The summed E-state index contributed by atoms with van der Waals surface area (Å²) in [5.74, 6) is -0.111. The molecule has 0 spiro atoms. The van der Waals surface area contributed by atoms with E-state index in [0.29, 0.717) is 17.8 Å². The van der Waals surface area contributed by atoms with Gasteiger partial charge in [0.25, 0.3) is 0 Å². The van der Waals surface area contributed by atoms with Crippen molar-refractivity contribution in [2.24, 2.45) is 4.99 Å². The van der Waals surface area contributed by atoms with Crippen molar-refractivity contribution in [1.82, 2.24) is 4.57 Å².